The number of carbonyl (C=O) groups excluding carboxylic acids is 2. The second kappa shape index (κ2) is 10.6. The molecule has 1 aliphatic carbocycles. The molecule has 1 N–H and O–H groups in total. The van der Waals surface area contributed by atoms with Gasteiger partial charge in [0.05, 0.1) is 17.2 Å². The van der Waals surface area contributed by atoms with Crippen LogP contribution in [-0.4, -0.2) is 46.6 Å². The predicted molar refractivity (Wildman–Crippen MR) is 146 cm³/mol. The summed E-state index contributed by atoms with van der Waals surface area (Å²) in [6.45, 7) is 9.08. The average Bonchev–Trinajstić information content (AvgIpc) is 3.17. The summed E-state index contributed by atoms with van der Waals surface area (Å²) in [7, 11) is 0. The highest BCUT2D eigenvalue weighted by atomic mass is 19.4. The lowest BCUT2D eigenvalue weighted by molar-refractivity contribution is -0.144. The molecule has 5 unspecified atom stereocenters. The number of cyclic esters (lactones) is 1. The molecule has 0 spiro atoms. The molecule has 3 fully saturated rings. The van der Waals surface area contributed by atoms with Gasteiger partial charge in [0.2, 0.25) is 0 Å². The van der Waals surface area contributed by atoms with Crippen LogP contribution in [0.25, 0.3) is 17.2 Å². The van der Waals surface area contributed by atoms with Gasteiger partial charge >= 0.3 is 18.2 Å². The minimum Gasteiger partial charge on any atom is -0.462 e. The smallest absolute Gasteiger partial charge is 0.416 e. The molecule has 1 aromatic carbocycles. The molecule has 3 heterocycles. The van der Waals surface area contributed by atoms with E-state index in [4.69, 9.17) is 4.74 Å². The van der Waals surface area contributed by atoms with Gasteiger partial charge in [-0.05, 0) is 88.1 Å². The van der Waals surface area contributed by atoms with E-state index >= 15 is 0 Å². The number of piperidine rings is 1. The lowest BCUT2D eigenvalue weighted by atomic mass is 9.59. The Balaban J connectivity index is 1.35. The van der Waals surface area contributed by atoms with E-state index in [1.165, 1.54) is 6.07 Å². The number of allylic oxidation sites excluding steroid dienone is 1. The molecule has 2 aromatic rings. The fourth-order valence-electron chi connectivity index (χ4n) is 6.70. The number of pyridine rings is 1. The van der Waals surface area contributed by atoms with Gasteiger partial charge in [-0.25, -0.2) is 4.79 Å². The van der Waals surface area contributed by atoms with Gasteiger partial charge in [-0.2, -0.15) is 13.2 Å². The fraction of sp³-hybridized carbons (Fsp3) is 0.516. The number of ether oxygens (including phenoxy) is 1. The number of urea groups is 1. The number of fused-ring (bicyclic) bond motifs is 2. The van der Waals surface area contributed by atoms with E-state index in [2.05, 4.69) is 16.4 Å². The number of amides is 2. The predicted octanol–water partition coefficient (Wildman–Crippen LogP) is 6.42. The summed E-state index contributed by atoms with van der Waals surface area (Å²) in [6, 6.07) is 8.70. The van der Waals surface area contributed by atoms with Gasteiger partial charge in [0.15, 0.2) is 0 Å². The molecule has 2 amide bonds. The molecule has 1 aromatic heterocycles. The molecule has 0 radical (unpaired) electrons. The van der Waals surface area contributed by atoms with Crippen molar-refractivity contribution in [2.75, 3.05) is 13.1 Å². The van der Waals surface area contributed by atoms with Crippen molar-refractivity contribution in [3.63, 3.8) is 0 Å². The highest BCUT2D eigenvalue weighted by molar-refractivity contribution is 5.76. The highest BCUT2D eigenvalue weighted by Crippen LogP contribution is 2.51. The van der Waals surface area contributed by atoms with E-state index in [0.29, 0.717) is 42.2 Å². The third-order valence-electron chi connectivity index (χ3n) is 8.47. The third kappa shape index (κ3) is 5.88. The van der Waals surface area contributed by atoms with Crippen molar-refractivity contribution in [3.05, 3.63) is 59.9 Å². The number of aromatic nitrogens is 1. The van der Waals surface area contributed by atoms with Crippen LogP contribution >= 0.6 is 0 Å². The second-order valence-corrected chi connectivity index (χ2v) is 12.4. The zero-order chi connectivity index (χ0) is 28.8. The summed E-state index contributed by atoms with van der Waals surface area (Å²) in [5.41, 5.74) is 0.721. The van der Waals surface area contributed by atoms with Crippen LogP contribution in [0.1, 0.15) is 51.8 Å². The number of rotatable bonds is 3. The Bertz CT molecular complexity index is 1290. The number of esters is 1. The standard InChI is InChI=1S/C31H36F3N3O3/c1-18-27-25(11-10-23-9-8-20(16-35-23)19-6-5-7-22(14-19)31(32,33)34)24-12-13-37(29(39)36-30(2,3)4)17-21(24)15-26(27)28(38)40-18/h5-11,14,16,18,21,24-27H,12-13,15,17H2,1-4H3,(H,36,39)/b11-10+/t18-,21?,24?,25?,26?,27?/m1/s1. The van der Waals surface area contributed by atoms with Gasteiger partial charge in [-0.15, -0.1) is 0 Å². The minimum atomic E-state index is -4.41. The van der Waals surface area contributed by atoms with Crippen molar-refractivity contribution >= 4 is 18.1 Å². The Labute approximate surface area is 233 Å². The molecule has 5 rings (SSSR count). The Morgan fingerprint density at radius 3 is 2.60 bits per heavy atom. The van der Waals surface area contributed by atoms with E-state index in [0.717, 1.165) is 18.6 Å². The topological polar surface area (TPSA) is 71.5 Å². The van der Waals surface area contributed by atoms with E-state index in [1.54, 1.807) is 24.4 Å². The van der Waals surface area contributed by atoms with Gasteiger partial charge in [0.1, 0.15) is 6.10 Å². The molecule has 1 saturated carbocycles. The normalized spacial score (nSPS) is 28.7. The number of likely N-dealkylation sites (tertiary alicyclic amines) is 1. The monoisotopic (exact) mass is 555 g/mol. The van der Waals surface area contributed by atoms with Crippen LogP contribution in [-0.2, 0) is 15.7 Å². The fourth-order valence-corrected chi connectivity index (χ4v) is 6.70. The van der Waals surface area contributed by atoms with Crippen molar-refractivity contribution in [1.29, 1.82) is 0 Å². The van der Waals surface area contributed by atoms with Crippen molar-refractivity contribution in [2.24, 2.45) is 29.6 Å². The Morgan fingerprint density at radius 2 is 1.93 bits per heavy atom. The van der Waals surface area contributed by atoms with Gasteiger partial charge in [0.25, 0.3) is 0 Å². The first-order valence-corrected chi connectivity index (χ1v) is 13.9. The zero-order valence-corrected chi connectivity index (χ0v) is 23.2. The number of carbonyl (C=O) groups is 2. The van der Waals surface area contributed by atoms with Crippen LogP contribution in [0, 0.1) is 29.6 Å². The van der Waals surface area contributed by atoms with Crippen LogP contribution in [0.3, 0.4) is 0 Å². The van der Waals surface area contributed by atoms with Crippen LogP contribution in [0.15, 0.2) is 48.7 Å². The molecule has 214 valence electrons. The van der Waals surface area contributed by atoms with E-state index in [1.807, 2.05) is 38.7 Å². The van der Waals surface area contributed by atoms with Crippen LogP contribution in [0.4, 0.5) is 18.0 Å². The van der Waals surface area contributed by atoms with Crippen molar-refractivity contribution < 1.29 is 27.5 Å². The van der Waals surface area contributed by atoms with Crippen molar-refractivity contribution in [1.82, 2.24) is 15.2 Å². The molecule has 3 aliphatic rings. The largest absolute Gasteiger partial charge is 0.462 e. The first kappa shape index (κ1) is 28.2. The van der Waals surface area contributed by atoms with E-state index in [9.17, 15) is 22.8 Å². The maximum Gasteiger partial charge on any atom is 0.416 e. The molecule has 2 saturated heterocycles. The molecule has 6 nitrogen and oxygen atoms in total. The molecular formula is C31H36F3N3O3. The van der Waals surface area contributed by atoms with E-state index < -0.39 is 11.7 Å². The summed E-state index contributed by atoms with van der Waals surface area (Å²) in [4.78, 5) is 32.0. The van der Waals surface area contributed by atoms with E-state index in [-0.39, 0.29) is 47.3 Å². The lowest BCUT2D eigenvalue weighted by Crippen LogP contribution is -2.55. The molecule has 40 heavy (non-hydrogen) atoms. The number of hydrogen-bond donors (Lipinski definition) is 1. The van der Waals surface area contributed by atoms with Crippen LogP contribution in [0.2, 0.25) is 0 Å². The Morgan fingerprint density at radius 1 is 1.15 bits per heavy atom. The second-order valence-electron chi connectivity index (χ2n) is 12.4. The Kier molecular flexibility index (Phi) is 7.44. The summed E-state index contributed by atoms with van der Waals surface area (Å²) >= 11 is 0. The average molecular weight is 556 g/mol. The van der Waals surface area contributed by atoms with Gasteiger partial charge in [0, 0.05) is 36.3 Å². The first-order chi connectivity index (χ1) is 18.8. The number of nitrogens with zero attached hydrogens (tertiary/aromatic N) is 2. The zero-order valence-electron chi connectivity index (χ0n) is 23.2. The number of benzene rings is 1. The maximum absolute atomic E-state index is 13.1. The van der Waals surface area contributed by atoms with Gasteiger partial charge in [-0.1, -0.05) is 24.3 Å². The summed E-state index contributed by atoms with van der Waals surface area (Å²) in [6.07, 6.45) is 2.61. The quantitative estimate of drug-likeness (QED) is 0.444. The summed E-state index contributed by atoms with van der Waals surface area (Å²) in [5.74, 6) is 0.274. The first-order valence-electron chi connectivity index (χ1n) is 13.9. The summed E-state index contributed by atoms with van der Waals surface area (Å²) < 4.78 is 45.1. The molecule has 2 aliphatic heterocycles. The number of hydrogen-bond acceptors (Lipinski definition) is 4. The Hall–Kier alpha value is -3.36. The van der Waals surface area contributed by atoms with Crippen LogP contribution < -0.4 is 5.32 Å². The molecule has 0 bridgehead atoms. The highest BCUT2D eigenvalue weighted by Gasteiger charge is 2.54. The molecule has 6 atom stereocenters. The lowest BCUT2D eigenvalue weighted by Gasteiger charge is -2.48. The summed E-state index contributed by atoms with van der Waals surface area (Å²) in [5, 5.41) is 3.05. The van der Waals surface area contributed by atoms with Crippen LogP contribution in [0.5, 0.6) is 0 Å². The van der Waals surface area contributed by atoms with Crippen molar-refractivity contribution in [3.8, 4) is 11.1 Å². The number of halogens is 3. The van der Waals surface area contributed by atoms with Crippen molar-refractivity contribution in [2.45, 2.75) is 58.4 Å². The minimum absolute atomic E-state index is 0.0596. The van der Waals surface area contributed by atoms with Gasteiger partial charge in [-0.3, -0.25) is 9.78 Å². The molecule has 9 heteroatoms. The number of alkyl halides is 3. The maximum atomic E-state index is 13.1. The number of nitrogens with one attached hydrogen (secondary N) is 1. The third-order valence-corrected chi connectivity index (χ3v) is 8.47. The SMILES string of the molecule is C[C@H]1OC(=O)C2CC3CN(C(=O)NC(C)(C)C)CCC3C(/C=C/c3ccc(-c4cccc(C(F)(F)F)c4)cn3)C21. The van der Waals surface area contributed by atoms with Gasteiger partial charge < -0.3 is 15.0 Å². The molecular weight excluding hydrogens is 519 g/mol.